The summed E-state index contributed by atoms with van der Waals surface area (Å²) in [5, 5.41) is 41.0. The molecule has 0 saturated carbocycles. The van der Waals surface area contributed by atoms with E-state index < -0.39 is 46.9 Å². The molecule has 0 radical (unpaired) electrons. The Morgan fingerprint density at radius 3 is 2.71 bits per heavy atom. The maximum Gasteiger partial charge on any atom is 0.333 e. The number of ether oxygens (including phenoxy) is 5. The van der Waals surface area contributed by atoms with Crippen molar-refractivity contribution < 1.29 is 43.5 Å². The SMILES string of the molecule is COc1c(C)cc2c(c1O)[C@H]1N[C@H](C2)[C@H](C#N)N2C1[C@@H]1SC[C@]3(NCCc4c3[nH]c3ccc(O)cc43)C(=O)OC[C@H]2c2c3c(c(C)c(OC(C)=O)c21)OCO3. The van der Waals surface area contributed by atoms with E-state index in [1.54, 1.807) is 18.2 Å². The number of carbonyl (C=O) groups is 2. The molecule has 7 aliphatic heterocycles. The van der Waals surface area contributed by atoms with Crippen molar-refractivity contribution in [1.82, 2.24) is 20.5 Å². The highest BCUT2D eigenvalue weighted by atomic mass is 32.2. The second kappa shape index (κ2) is 12.2. The van der Waals surface area contributed by atoms with E-state index in [4.69, 9.17) is 23.7 Å². The number of hydrogen-bond donors (Lipinski definition) is 5. The van der Waals surface area contributed by atoms with E-state index >= 15 is 0 Å². The van der Waals surface area contributed by atoms with E-state index in [0.29, 0.717) is 70.3 Å². The molecular formula is C40H39N5O9S. The minimum absolute atomic E-state index is 0.0342. The van der Waals surface area contributed by atoms with Crippen LogP contribution in [0, 0.1) is 25.2 Å². The molecule has 14 nitrogen and oxygen atoms in total. The van der Waals surface area contributed by atoms with E-state index in [0.717, 1.165) is 27.6 Å². The first-order valence-electron chi connectivity index (χ1n) is 18.4. The lowest BCUT2D eigenvalue weighted by molar-refractivity contribution is -0.155. The number of phenolic OH excluding ortho intramolecular Hbond substituents is 2. The van der Waals surface area contributed by atoms with Crippen LogP contribution in [0.1, 0.15) is 68.9 Å². The van der Waals surface area contributed by atoms with Gasteiger partial charge >= 0.3 is 11.9 Å². The van der Waals surface area contributed by atoms with E-state index in [2.05, 4.69) is 26.6 Å². The molecule has 0 aliphatic carbocycles. The molecule has 1 aromatic heterocycles. The van der Waals surface area contributed by atoms with Crippen molar-refractivity contribution in [2.24, 2.45) is 0 Å². The van der Waals surface area contributed by atoms with E-state index in [1.807, 2.05) is 19.9 Å². The van der Waals surface area contributed by atoms with Gasteiger partial charge in [0.1, 0.15) is 24.1 Å². The number of nitrogens with zero attached hydrogens (tertiary/aromatic N) is 2. The second-order valence-electron chi connectivity index (χ2n) is 15.2. The number of nitriles is 1. The zero-order chi connectivity index (χ0) is 38.1. The Morgan fingerprint density at radius 2 is 1.93 bits per heavy atom. The number of aryl methyl sites for hydroxylation is 1. The maximum absolute atomic E-state index is 14.8. The normalized spacial score (nSPS) is 28.7. The lowest BCUT2D eigenvalue weighted by Gasteiger charge is -2.59. The van der Waals surface area contributed by atoms with E-state index in [1.165, 1.54) is 25.8 Å². The fraction of sp³-hybridized carbons (Fsp3) is 0.425. The zero-order valence-corrected chi connectivity index (χ0v) is 31.4. The molecule has 55 heavy (non-hydrogen) atoms. The molecule has 8 heterocycles. The Morgan fingerprint density at radius 1 is 1.11 bits per heavy atom. The summed E-state index contributed by atoms with van der Waals surface area (Å²) < 4.78 is 30.5. The van der Waals surface area contributed by atoms with Crippen molar-refractivity contribution in [3.63, 3.8) is 0 Å². The summed E-state index contributed by atoms with van der Waals surface area (Å²) in [5.74, 6) is 0.971. The second-order valence-corrected chi connectivity index (χ2v) is 16.3. The largest absolute Gasteiger partial charge is 0.508 e. The number of aromatic amines is 1. The van der Waals surface area contributed by atoms with Crippen LogP contribution in [-0.2, 0) is 32.7 Å². The molecule has 0 amide bonds. The summed E-state index contributed by atoms with van der Waals surface area (Å²) >= 11 is 1.49. The molecule has 7 atom stereocenters. The van der Waals surface area contributed by atoms with Gasteiger partial charge in [-0.3, -0.25) is 15.0 Å². The number of nitrogens with one attached hydrogen (secondary N) is 3. The number of hydrogen-bond acceptors (Lipinski definition) is 14. The molecule has 1 spiro atoms. The van der Waals surface area contributed by atoms with Gasteiger partial charge < -0.3 is 44.2 Å². The Bertz CT molecular complexity index is 2410. The van der Waals surface area contributed by atoms with Gasteiger partial charge in [-0.25, -0.2) is 4.79 Å². The summed E-state index contributed by atoms with van der Waals surface area (Å²) in [4.78, 5) is 33.3. The van der Waals surface area contributed by atoms with Gasteiger partial charge in [0, 0.05) is 64.5 Å². The van der Waals surface area contributed by atoms with Crippen LogP contribution >= 0.6 is 11.8 Å². The molecule has 284 valence electrons. The van der Waals surface area contributed by atoms with Gasteiger partial charge in [0.05, 0.1) is 36.2 Å². The molecule has 11 rings (SSSR count). The maximum atomic E-state index is 14.8. The minimum Gasteiger partial charge on any atom is -0.508 e. The first-order chi connectivity index (χ1) is 26.6. The standard InChI is InChI=1S/C40H39N5O9S/c1-16-9-19-10-24-25(12-41)45-26-13-51-39(49)40(38-21(7-8-42-40)22-11-20(47)5-6-23(22)44-38)14-55-37(31(45)30(43-24)27(19)32(48)33(16)50-4)29-28(26)36-35(52-15-53-36)17(2)34(29)54-18(3)46/h5-6,9,11,24-26,30-31,37,42-44,47-48H,7-8,10,13-15H2,1-4H3/t24-,25+,26+,30-,31?,37-,40-/m1/s1. The number of piperazine rings is 1. The summed E-state index contributed by atoms with van der Waals surface area (Å²) in [7, 11) is 1.53. The number of phenols is 2. The highest BCUT2D eigenvalue weighted by molar-refractivity contribution is 7.99. The van der Waals surface area contributed by atoms with Crippen molar-refractivity contribution in [2.45, 2.75) is 74.6 Å². The summed E-state index contributed by atoms with van der Waals surface area (Å²) in [6, 6.07) is 6.94. The average Bonchev–Trinajstić information content (AvgIpc) is 3.80. The van der Waals surface area contributed by atoms with Crippen LogP contribution in [0.3, 0.4) is 0 Å². The molecule has 15 heteroatoms. The van der Waals surface area contributed by atoms with Gasteiger partial charge in [0.25, 0.3) is 0 Å². The number of thioether (sulfide) groups is 1. The molecular weight excluding hydrogens is 727 g/mol. The Kier molecular flexibility index (Phi) is 7.61. The quantitative estimate of drug-likeness (QED) is 0.145. The molecule has 4 aromatic rings. The van der Waals surface area contributed by atoms with E-state index in [9.17, 15) is 25.1 Å². The van der Waals surface area contributed by atoms with Crippen LogP contribution in [0.2, 0.25) is 0 Å². The van der Waals surface area contributed by atoms with Crippen molar-refractivity contribution in [3.8, 4) is 40.6 Å². The number of methoxy groups -OCH3 is 1. The fourth-order valence-corrected chi connectivity index (χ4v) is 11.9. The highest BCUT2D eigenvalue weighted by Gasteiger charge is 2.60. The smallest absolute Gasteiger partial charge is 0.333 e. The minimum atomic E-state index is -1.32. The molecule has 3 aromatic carbocycles. The number of fused-ring (bicyclic) bond motifs is 11. The monoisotopic (exact) mass is 765 g/mol. The Hall–Kier alpha value is -5.14. The first-order valence-corrected chi connectivity index (χ1v) is 19.5. The summed E-state index contributed by atoms with van der Waals surface area (Å²) in [6.07, 6.45) is 1.09. The summed E-state index contributed by atoms with van der Waals surface area (Å²) in [5.41, 5.74) is 5.39. The van der Waals surface area contributed by atoms with Gasteiger partial charge in [0.15, 0.2) is 28.5 Å². The van der Waals surface area contributed by atoms with Gasteiger partial charge in [-0.1, -0.05) is 6.07 Å². The number of esters is 2. The van der Waals surface area contributed by atoms with Crippen LogP contribution in [0.15, 0.2) is 24.3 Å². The fourth-order valence-electron chi connectivity index (χ4n) is 10.2. The molecule has 2 fully saturated rings. The number of aromatic hydroxyl groups is 2. The lowest BCUT2D eigenvalue weighted by atomic mass is 9.72. The molecule has 5 N–H and O–H groups in total. The van der Waals surface area contributed by atoms with Crippen LogP contribution in [0.25, 0.3) is 10.9 Å². The molecule has 1 unspecified atom stereocenters. The number of carbonyl (C=O) groups excluding carboxylic acids is 2. The Balaban J connectivity index is 1.24. The third-order valence-corrected chi connectivity index (χ3v) is 13.8. The van der Waals surface area contributed by atoms with Gasteiger partial charge in [-0.2, -0.15) is 5.26 Å². The number of aromatic nitrogens is 1. The first kappa shape index (κ1) is 34.4. The van der Waals surface area contributed by atoms with Crippen molar-refractivity contribution >= 4 is 34.6 Å². The predicted molar refractivity (Wildman–Crippen MR) is 199 cm³/mol. The number of rotatable bonds is 2. The van der Waals surface area contributed by atoms with Crippen LogP contribution in [0.4, 0.5) is 0 Å². The molecule has 7 aliphatic rings. The predicted octanol–water partition coefficient (Wildman–Crippen LogP) is 4.12. The summed E-state index contributed by atoms with van der Waals surface area (Å²) in [6.45, 7) is 5.34. The molecule has 2 saturated heterocycles. The number of H-pyrrole nitrogens is 1. The highest BCUT2D eigenvalue weighted by Crippen LogP contribution is 2.63. The van der Waals surface area contributed by atoms with Crippen LogP contribution in [0.5, 0.6) is 34.5 Å². The van der Waals surface area contributed by atoms with Gasteiger partial charge in [-0.05, 0) is 61.6 Å². The lowest BCUT2D eigenvalue weighted by Crippen LogP contribution is -2.69. The van der Waals surface area contributed by atoms with Crippen LogP contribution in [-0.4, -0.2) is 83.0 Å². The van der Waals surface area contributed by atoms with Crippen LogP contribution < -0.4 is 29.6 Å². The van der Waals surface area contributed by atoms with Crippen molar-refractivity contribution in [3.05, 3.63) is 68.9 Å². The zero-order valence-electron chi connectivity index (χ0n) is 30.6. The molecule has 4 bridgehead atoms. The topological polar surface area (TPSA) is 188 Å². The van der Waals surface area contributed by atoms with Gasteiger partial charge in [-0.15, -0.1) is 11.8 Å². The van der Waals surface area contributed by atoms with E-state index in [-0.39, 0.29) is 36.7 Å². The van der Waals surface area contributed by atoms with Crippen molar-refractivity contribution in [2.75, 3.05) is 32.8 Å². The third kappa shape index (κ3) is 4.65. The third-order valence-electron chi connectivity index (χ3n) is 12.4. The van der Waals surface area contributed by atoms with Crippen molar-refractivity contribution in [1.29, 1.82) is 5.26 Å². The average molecular weight is 766 g/mol. The Labute approximate surface area is 320 Å². The van der Waals surface area contributed by atoms with Gasteiger partial charge in [0.2, 0.25) is 6.79 Å². The number of benzene rings is 3.